The van der Waals surface area contributed by atoms with Gasteiger partial charge in [0.25, 0.3) is 0 Å². The maximum Gasteiger partial charge on any atom is 0.123 e. The molecule has 0 spiro atoms. The summed E-state index contributed by atoms with van der Waals surface area (Å²) in [7, 11) is 1.64. The van der Waals surface area contributed by atoms with Gasteiger partial charge in [-0.15, -0.1) is 0 Å². The Morgan fingerprint density at radius 1 is 1.11 bits per heavy atom. The SMILES string of the molecule is COc1ccc2c([C@H](O)CN3CCN(c4ccc(F)cc4)CC3)c[nH]c2c1. The molecule has 0 radical (unpaired) electrons. The smallest absolute Gasteiger partial charge is 0.123 e. The van der Waals surface area contributed by atoms with Crippen molar-refractivity contribution in [3.05, 3.63) is 60.0 Å². The van der Waals surface area contributed by atoms with E-state index in [4.69, 9.17) is 4.74 Å². The van der Waals surface area contributed by atoms with E-state index >= 15 is 0 Å². The standard InChI is InChI=1S/C21H24FN3O2/c1-27-17-6-7-18-19(13-23-20(18)12-17)21(26)14-24-8-10-25(11-9-24)16-4-2-15(22)3-5-16/h2-7,12-13,21,23,26H,8-11,14H2,1H3/t21-/m1/s1. The van der Waals surface area contributed by atoms with Gasteiger partial charge in [-0.1, -0.05) is 0 Å². The number of aliphatic hydroxyl groups excluding tert-OH is 1. The number of nitrogens with zero attached hydrogens (tertiary/aromatic N) is 2. The van der Waals surface area contributed by atoms with Crippen LogP contribution in [0.15, 0.2) is 48.7 Å². The molecule has 0 saturated carbocycles. The molecule has 0 amide bonds. The van der Waals surface area contributed by atoms with Gasteiger partial charge in [0.1, 0.15) is 11.6 Å². The van der Waals surface area contributed by atoms with E-state index in [1.807, 2.05) is 36.5 Å². The monoisotopic (exact) mass is 369 g/mol. The molecule has 4 rings (SSSR count). The number of piperazine rings is 1. The summed E-state index contributed by atoms with van der Waals surface area (Å²) in [5, 5.41) is 11.8. The van der Waals surface area contributed by atoms with Gasteiger partial charge >= 0.3 is 0 Å². The lowest BCUT2D eigenvalue weighted by Crippen LogP contribution is -2.47. The minimum atomic E-state index is -0.551. The Kier molecular flexibility index (Phi) is 5.01. The Bertz CT molecular complexity index is 901. The third kappa shape index (κ3) is 3.77. The van der Waals surface area contributed by atoms with Crippen molar-refractivity contribution >= 4 is 16.6 Å². The highest BCUT2D eigenvalue weighted by molar-refractivity contribution is 5.84. The molecule has 2 heterocycles. The molecule has 27 heavy (non-hydrogen) atoms. The van der Waals surface area contributed by atoms with Crippen LogP contribution in [-0.4, -0.2) is 54.8 Å². The van der Waals surface area contributed by atoms with Crippen LogP contribution in [0.2, 0.25) is 0 Å². The number of benzene rings is 2. The molecule has 1 saturated heterocycles. The number of aliphatic hydroxyl groups is 1. The van der Waals surface area contributed by atoms with E-state index < -0.39 is 6.10 Å². The Morgan fingerprint density at radius 3 is 2.56 bits per heavy atom. The van der Waals surface area contributed by atoms with E-state index in [1.165, 1.54) is 12.1 Å². The lowest BCUT2D eigenvalue weighted by Gasteiger charge is -2.36. The minimum absolute atomic E-state index is 0.211. The maximum atomic E-state index is 13.1. The van der Waals surface area contributed by atoms with Crippen LogP contribution >= 0.6 is 0 Å². The van der Waals surface area contributed by atoms with Gasteiger partial charge in [0.15, 0.2) is 0 Å². The zero-order chi connectivity index (χ0) is 18.8. The molecule has 1 fully saturated rings. The summed E-state index contributed by atoms with van der Waals surface area (Å²) in [6.07, 6.45) is 1.33. The topological polar surface area (TPSA) is 51.7 Å². The fourth-order valence-electron chi connectivity index (χ4n) is 3.71. The first-order chi connectivity index (χ1) is 13.1. The lowest BCUT2D eigenvalue weighted by molar-refractivity contribution is 0.110. The van der Waals surface area contributed by atoms with Crippen molar-refractivity contribution in [1.82, 2.24) is 9.88 Å². The third-order valence-electron chi connectivity index (χ3n) is 5.28. The number of hydrogen-bond acceptors (Lipinski definition) is 4. The van der Waals surface area contributed by atoms with Crippen LogP contribution in [0.25, 0.3) is 10.9 Å². The Morgan fingerprint density at radius 2 is 1.85 bits per heavy atom. The first-order valence-electron chi connectivity index (χ1n) is 9.20. The molecule has 0 aliphatic carbocycles. The molecule has 142 valence electrons. The van der Waals surface area contributed by atoms with Gasteiger partial charge in [-0.05, 0) is 36.4 Å². The van der Waals surface area contributed by atoms with Crippen LogP contribution < -0.4 is 9.64 Å². The van der Waals surface area contributed by atoms with Gasteiger partial charge in [-0.25, -0.2) is 4.39 Å². The normalized spacial score (nSPS) is 16.6. The number of hydrogen-bond donors (Lipinski definition) is 2. The first kappa shape index (κ1) is 17.8. The van der Waals surface area contributed by atoms with Gasteiger partial charge in [-0.2, -0.15) is 0 Å². The Balaban J connectivity index is 1.38. The van der Waals surface area contributed by atoms with Gasteiger partial charge < -0.3 is 19.7 Å². The number of aromatic amines is 1. The van der Waals surface area contributed by atoms with E-state index in [-0.39, 0.29) is 5.82 Å². The Hall–Kier alpha value is -2.57. The average molecular weight is 369 g/mol. The minimum Gasteiger partial charge on any atom is -0.497 e. The Labute approximate surface area is 158 Å². The second kappa shape index (κ2) is 7.58. The largest absolute Gasteiger partial charge is 0.497 e. The van der Waals surface area contributed by atoms with Crippen LogP contribution in [-0.2, 0) is 0 Å². The molecule has 1 atom stereocenters. The quantitative estimate of drug-likeness (QED) is 0.725. The summed E-state index contributed by atoms with van der Waals surface area (Å²) < 4.78 is 18.3. The maximum absolute atomic E-state index is 13.1. The van der Waals surface area contributed by atoms with E-state index in [1.54, 1.807) is 7.11 Å². The number of methoxy groups -OCH3 is 1. The molecule has 6 heteroatoms. The molecule has 3 aromatic rings. The number of H-pyrrole nitrogens is 1. The molecule has 1 aliphatic heterocycles. The first-order valence-corrected chi connectivity index (χ1v) is 9.20. The van der Waals surface area contributed by atoms with Crippen molar-refractivity contribution in [2.75, 3.05) is 44.7 Å². The molecule has 1 aliphatic rings. The number of anilines is 1. The fraction of sp³-hybridized carbons (Fsp3) is 0.333. The van der Waals surface area contributed by atoms with Crippen LogP contribution in [0.4, 0.5) is 10.1 Å². The highest BCUT2D eigenvalue weighted by atomic mass is 19.1. The zero-order valence-corrected chi connectivity index (χ0v) is 15.4. The van der Waals surface area contributed by atoms with Crippen molar-refractivity contribution in [2.45, 2.75) is 6.10 Å². The van der Waals surface area contributed by atoms with Crippen molar-refractivity contribution in [1.29, 1.82) is 0 Å². The predicted molar refractivity (Wildman–Crippen MR) is 105 cm³/mol. The third-order valence-corrected chi connectivity index (χ3v) is 5.28. The molecule has 2 aromatic carbocycles. The van der Waals surface area contributed by atoms with Gasteiger partial charge in [0.2, 0.25) is 0 Å². The molecule has 5 nitrogen and oxygen atoms in total. The second-order valence-corrected chi connectivity index (χ2v) is 6.94. The predicted octanol–water partition coefficient (Wildman–Crippen LogP) is 3.17. The number of β-amino-alcohol motifs (C(OH)–C–C–N with tert-alkyl or cyclic N) is 1. The number of rotatable bonds is 5. The second-order valence-electron chi connectivity index (χ2n) is 6.94. The highest BCUT2D eigenvalue weighted by Crippen LogP contribution is 2.28. The number of fused-ring (bicyclic) bond motifs is 1. The summed E-state index contributed by atoms with van der Waals surface area (Å²) in [5.41, 5.74) is 2.92. The summed E-state index contributed by atoms with van der Waals surface area (Å²) in [5.74, 6) is 0.583. The van der Waals surface area contributed by atoms with Crippen LogP contribution in [0.5, 0.6) is 5.75 Å². The number of ether oxygens (including phenoxy) is 1. The van der Waals surface area contributed by atoms with E-state index in [0.29, 0.717) is 6.54 Å². The fourth-order valence-corrected chi connectivity index (χ4v) is 3.71. The average Bonchev–Trinajstić information content (AvgIpc) is 3.12. The highest BCUT2D eigenvalue weighted by Gasteiger charge is 2.21. The van der Waals surface area contributed by atoms with Crippen molar-refractivity contribution in [3.63, 3.8) is 0 Å². The number of aromatic nitrogens is 1. The van der Waals surface area contributed by atoms with Crippen LogP contribution in [0, 0.1) is 5.82 Å². The van der Waals surface area contributed by atoms with Crippen molar-refractivity contribution < 1.29 is 14.2 Å². The van der Waals surface area contributed by atoms with Crippen molar-refractivity contribution in [2.24, 2.45) is 0 Å². The van der Waals surface area contributed by atoms with E-state index in [0.717, 1.165) is 54.1 Å². The van der Waals surface area contributed by atoms with Crippen LogP contribution in [0.1, 0.15) is 11.7 Å². The van der Waals surface area contributed by atoms with Crippen LogP contribution in [0.3, 0.4) is 0 Å². The van der Waals surface area contributed by atoms with E-state index in [2.05, 4.69) is 14.8 Å². The molecular weight excluding hydrogens is 345 g/mol. The van der Waals surface area contributed by atoms with E-state index in [9.17, 15) is 9.50 Å². The summed E-state index contributed by atoms with van der Waals surface area (Å²) in [6, 6.07) is 12.5. The molecular formula is C21H24FN3O2. The summed E-state index contributed by atoms with van der Waals surface area (Å²) in [6.45, 7) is 4.05. The summed E-state index contributed by atoms with van der Waals surface area (Å²) in [4.78, 5) is 7.74. The molecule has 2 N–H and O–H groups in total. The van der Waals surface area contributed by atoms with Crippen molar-refractivity contribution in [3.8, 4) is 5.75 Å². The van der Waals surface area contributed by atoms with Gasteiger partial charge in [0.05, 0.1) is 13.2 Å². The molecule has 0 bridgehead atoms. The number of halogens is 1. The summed E-state index contributed by atoms with van der Waals surface area (Å²) >= 11 is 0. The lowest BCUT2D eigenvalue weighted by atomic mass is 10.1. The number of nitrogens with one attached hydrogen (secondary N) is 1. The zero-order valence-electron chi connectivity index (χ0n) is 15.4. The van der Waals surface area contributed by atoms with Gasteiger partial charge in [-0.3, -0.25) is 4.90 Å². The van der Waals surface area contributed by atoms with Gasteiger partial charge in [0, 0.05) is 67.1 Å². The molecule has 1 aromatic heterocycles. The molecule has 0 unspecified atom stereocenters.